The van der Waals surface area contributed by atoms with E-state index in [2.05, 4.69) is 12.2 Å². The molecule has 1 aliphatic rings. The summed E-state index contributed by atoms with van der Waals surface area (Å²) in [7, 11) is 0. The van der Waals surface area contributed by atoms with Crippen LogP contribution in [-0.4, -0.2) is 5.11 Å². The van der Waals surface area contributed by atoms with Crippen LogP contribution < -0.4 is 0 Å². The summed E-state index contributed by atoms with van der Waals surface area (Å²) in [4.78, 5) is 0. The third kappa shape index (κ3) is 1.83. The highest BCUT2D eigenvalue weighted by Crippen LogP contribution is 2.31. The summed E-state index contributed by atoms with van der Waals surface area (Å²) in [5, 5.41) is 9.91. The second-order valence-electron chi connectivity index (χ2n) is 3.50. The average Bonchev–Trinajstić information content (AvgIpc) is 2.71. The van der Waals surface area contributed by atoms with Gasteiger partial charge in [-0.05, 0) is 37.3 Å². The Morgan fingerprint density at radius 3 is 3.00 bits per heavy atom. The summed E-state index contributed by atoms with van der Waals surface area (Å²) in [6, 6.07) is 3.65. The van der Waals surface area contributed by atoms with Crippen LogP contribution >= 0.6 is 0 Å². The van der Waals surface area contributed by atoms with E-state index in [1.807, 2.05) is 12.1 Å². The van der Waals surface area contributed by atoms with Gasteiger partial charge >= 0.3 is 0 Å². The Kier molecular flexibility index (Phi) is 2.50. The fourth-order valence-electron chi connectivity index (χ4n) is 1.80. The van der Waals surface area contributed by atoms with Crippen LogP contribution in [0.5, 0.6) is 0 Å². The Balaban J connectivity index is 2.04. The number of hydrogen-bond donors (Lipinski definition) is 1. The lowest BCUT2D eigenvalue weighted by Crippen LogP contribution is -2.13. The number of aliphatic hydroxyl groups is 1. The molecule has 0 saturated carbocycles. The molecule has 70 valence electrons. The Labute approximate surface area is 77.9 Å². The van der Waals surface area contributed by atoms with E-state index in [9.17, 15) is 5.11 Å². The van der Waals surface area contributed by atoms with Crippen LogP contribution in [0.1, 0.15) is 31.1 Å². The predicted molar refractivity (Wildman–Crippen MR) is 50.1 cm³/mol. The molecule has 0 radical (unpaired) electrons. The Hall–Kier alpha value is -1.02. The molecule has 13 heavy (non-hydrogen) atoms. The zero-order valence-electron chi connectivity index (χ0n) is 7.52. The molecule has 1 aromatic rings. The Bertz CT molecular complexity index is 274. The molecular weight excluding hydrogens is 164 g/mol. The molecule has 2 rings (SSSR count). The van der Waals surface area contributed by atoms with E-state index in [-0.39, 0.29) is 0 Å². The minimum Gasteiger partial charge on any atom is -0.467 e. The zero-order chi connectivity index (χ0) is 9.10. The molecule has 0 aromatic carbocycles. The van der Waals surface area contributed by atoms with Crippen molar-refractivity contribution in [2.24, 2.45) is 5.92 Å². The lowest BCUT2D eigenvalue weighted by Gasteiger charge is -2.21. The quantitative estimate of drug-likeness (QED) is 0.706. The van der Waals surface area contributed by atoms with Gasteiger partial charge in [-0.15, -0.1) is 0 Å². The topological polar surface area (TPSA) is 33.4 Å². The second kappa shape index (κ2) is 3.79. The summed E-state index contributed by atoms with van der Waals surface area (Å²) in [5.74, 6) is 1.02. The van der Waals surface area contributed by atoms with Crippen molar-refractivity contribution in [3.8, 4) is 0 Å². The third-order valence-electron chi connectivity index (χ3n) is 2.59. The van der Waals surface area contributed by atoms with Crippen LogP contribution in [0.25, 0.3) is 0 Å². The fraction of sp³-hybridized carbons (Fsp3) is 0.455. The van der Waals surface area contributed by atoms with Gasteiger partial charge in [0, 0.05) is 0 Å². The van der Waals surface area contributed by atoms with Gasteiger partial charge in [0.25, 0.3) is 0 Å². The smallest absolute Gasteiger partial charge is 0.132 e. The average molecular weight is 178 g/mol. The van der Waals surface area contributed by atoms with Crippen LogP contribution in [-0.2, 0) is 0 Å². The highest BCUT2D eigenvalue weighted by Gasteiger charge is 2.22. The van der Waals surface area contributed by atoms with Gasteiger partial charge in [0.1, 0.15) is 11.9 Å². The summed E-state index contributed by atoms with van der Waals surface area (Å²) >= 11 is 0. The first-order valence-corrected chi connectivity index (χ1v) is 4.74. The number of furan rings is 1. The van der Waals surface area contributed by atoms with Gasteiger partial charge in [0.2, 0.25) is 0 Å². The third-order valence-corrected chi connectivity index (χ3v) is 2.59. The van der Waals surface area contributed by atoms with E-state index in [4.69, 9.17) is 4.42 Å². The first kappa shape index (κ1) is 8.57. The fourth-order valence-corrected chi connectivity index (χ4v) is 1.80. The highest BCUT2D eigenvalue weighted by molar-refractivity contribution is 5.05. The molecule has 2 heteroatoms. The number of allylic oxidation sites excluding steroid dienone is 2. The van der Waals surface area contributed by atoms with Crippen LogP contribution in [0, 0.1) is 5.92 Å². The molecule has 2 atom stereocenters. The molecule has 1 aromatic heterocycles. The molecular formula is C11H14O2. The van der Waals surface area contributed by atoms with Gasteiger partial charge in [-0.3, -0.25) is 0 Å². The molecule has 0 aliphatic heterocycles. The number of aliphatic hydroxyl groups excluding tert-OH is 1. The SMILES string of the molecule is O[C@@H](c1ccco1)[C@H]1CC=CCC1. The van der Waals surface area contributed by atoms with E-state index in [0.717, 1.165) is 19.3 Å². The predicted octanol–water partition coefficient (Wildman–Crippen LogP) is 2.67. The van der Waals surface area contributed by atoms with Crippen LogP contribution in [0.4, 0.5) is 0 Å². The van der Waals surface area contributed by atoms with Gasteiger partial charge in [0.05, 0.1) is 6.26 Å². The van der Waals surface area contributed by atoms with Crippen molar-refractivity contribution in [1.29, 1.82) is 0 Å². The van der Waals surface area contributed by atoms with Crippen LogP contribution in [0.15, 0.2) is 35.0 Å². The molecule has 2 nitrogen and oxygen atoms in total. The van der Waals surface area contributed by atoms with Crippen molar-refractivity contribution in [3.63, 3.8) is 0 Å². The van der Waals surface area contributed by atoms with E-state index >= 15 is 0 Å². The lowest BCUT2D eigenvalue weighted by molar-refractivity contribution is 0.0808. The van der Waals surface area contributed by atoms with E-state index < -0.39 is 6.10 Å². The van der Waals surface area contributed by atoms with Gasteiger partial charge in [-0.25, -0.2) is 0 Å². The van der Waals surface area contributed by atoms with Crippen LogP contribution in [0.3, 0.4) is 0 Å². The summed E-state index contributed by atoms with van der Waals surface area (Å²) in [5.41, 5.74) is 0. The van der Waals surface area contributed by atoms with Crippen molar-refractivity contribution in [2.45, 2.75) is 25.4 Å². The highest BCUT2D eigenvalue weighted by atomic mass is 16.4. The Morgan fingerprint density at radius 1 is 1.46 bits per heavy atom. The minimum atomic E-state index is -0.431. The molecule has 1 N–H and O–H groups in total. The van der Waals surface area contributed by atoms with Crippen molar-refractivity contribution in [1.82, 2.24) is 0 Å². The van der Waals surface area contributed by atoms with Gasteiger partial charge < -0.3 is 9.52 Å². The second-order valence-corrected chi connectivity index (χ2v) is 3.50. The molecule has 0 amide bonds. The molecule has 1 heterocycles. The molecule has 0 fully saturated rings. The van der Waals surface area contributed by atoms with Crippen LogP contribution in [0.2, 0.25) is 0 Å². The molecule has 0 bridgehead atoms. The Morgan fingerprint density at radius 2 is 2.38 bits per heavy atom. The van der Waals surface area contributed by atoms with E-state index in [1.54, 1.807) is 6.26 Å². The lowest BCUT2D eigenvalue weighted by atomic mass is 9.88. The van der Waals surface area contributed by atoms with Crippen molar-refractivity contribution < 1.29 is 9.52 Å². The van der Waals surface area contributed by atoms with E-state index in [1.165, 1.54) is 0 Å². The zero-order valence-corrected chi connectivity index (χ0v) is 7.52. The van der Waals surface area contributed by atoms with Crippen molar-refractivity contribution in [2.75, 3.05) is 0 Å². The first-order valence-electron chi connectivity index (χ1n) is 4.74. The van der Waals surface area contributed by atoms with Crippen molar-refractivity contribution >= 4 is 0 Å². The standard InChI is InChI=1S/C11H14O2/c12-11(10-7-4-8-13-10)9-5-2-1-3-6-9/h1-2,4,7-9,11-12H,3,5-6H2/t9-,11+/m0/s1. The van der Waals surface area contributed by atoms with Crippen molar-refractivity contribution in [3.05, 3.63) is 36.3 Å². The minimum absolute atomic E-state index is 0.330. The van der Waals surface area contributed by atoms with E-state index in [0.29, 0.717) is 11.7 Å². The maximum absolute atomic E-state index is 9.91. The summed E-state index contributed by atoms with van der Waals surface area (Å²) < 4.78 is 5.17. The summed E-state index contributed by atoms with van der Waals surface area (Å²) in [6.07, 6.45) is 8.57. The first-order chi connectivity index (χ1) is 6.38. The van der Waals surface area contributed by atoms with Gasteiger partial charge in [0.15, 0.2) is 0 Å². The summed E-state index contributed by atoms with van der Waals surface area (Å²) in [6.45, 7) is 0. The molecule has 0 saturated heterocycles. The normalized spacial score (nSPS) is 24.5. The monoisotopic (exact) mass is 178 g/mol. The molecule has 1 aliphatic carbocycles. The maximum atomic E-state index is 9.91. The molecule has 0 spiro atoms. The van der Waals surface area contributed by atoms with Gasteiger partial charge in [-0.1, -0.05) is 12.2 Å². The molecule has 0 unspecified atom stereocenters. The number of hydrogen-bond acceptors (Lipinski definition) is 2. The number of rotatable bonds is 2. The maximum Gasteiger partial charge on any atom is 0.132 e. The largest absolute Gasteiger partial charge is 0.467 e. The van der Waals surface area contributed by atoms with Gasteiger partial charge in [-0.2, -0.15) is 0 Å².